The zero-order chi connectivity index (χ0) is 19.2. The van der Waals surface area contributed by atoms with E-state index in [1.165, 1.54) is 30.4 Å². The normalized spacial score (nSPS) is 15.4. The molecule has 0 heterocycles. The van der Waals surface area contributed by atoms with Crippen molar-refractivity contribution in [2.45, 2.75) is 58.1 Å². The summed E-state index contributed by atoms with van der Waals surface area (Å²) in [4.78, 5) is 12.7. The molecular weight excluding hydrogens is 338 g/mol. The van der Waals surface area contributed by atoms with Crippen molar-refractivity contribution in [2.24, 2.45) is 0 Å². The standard InChI is InChI=1S/C23H29NO3/c1-4-22(27-21-11-7-10-20(15-21)26-3)23(25)24-16(2)18-13-12-17-8-5-6-9-19(17)14-18/h7,10-16,22H,4-6,8-9H2,1-3H3,(H,24,25)/t16-,22+/m1/s1. The number of methoxy groups -OCH3 is 1. The summed E-state index contributed by atoms with van der Waals surface area (Å²) in [5, 5.41) is 3.11. The lowest BCUT2D eigenvalue weighted by Gasteiger charge is -2.23. The van der Waals surface area contributed by atoms with Crippen molar-refractivity contribution in [3.63, 3.8) is 0 Å². The Morgan fingerprint density at radius 3 is 2.56 bits per heavy atom. The van der Waals surface area contributed by atoms with Crippen LogP contribution in [-0.4, -0.2) is 19.1 Å². The van der Waals surface area contributed by atoms with Crippen molar-refractivity contribution in [2.75, 3.05) is 7.11 Å². The van der Waals surface area contributed by atoms with Gasteiger partial charge in [0.25, 0.3) is 5.91 Å². The molecule has 2 atom stereocenters. The fourth-order valence-corrected chi connectivity index (χ4v) is 3.57. The third-order valence-corrected chi connectivity index (χ3v) is 5.21. The summed E-state index contributed by atoms with van der Waals surface area (Å²) in [5.41, 5.74) is 4.04. The molecule has 2 aromatic rings. The van der Waals surface area contributed by atoms with Crippen LogP contribution in [-0.2, 0) is 17.6 Å². The topological polar surface area (TPSA) is 47.6 Å². The number of aryl methyl sites for hydroxylation is 2. The minimum absolute atomic E-state index is 0.0484. The zero-order valence-electron chi connectivity index (χ0n) is 16.5. The van der Waals surface area contributed by atoms with Crippen LogP contribution in [0, 0.1) is 0 Å². The summed E-state index contributed by atoms with van der Waals surface area (Å²) in [6.07, 6.45) is 4.91. The SMILES string of the molecule is CC[C@H](Oc1cccc(OC)c1)C(=O)N[C@H](C)c1ccc2c(c1)CCCC2. The Kier molecular flexibility index (Phi) is 6.38. The smallest absolute Gasteiger partial charge is 0.261 e. The van der Waals surface area contributed by atoms with Gasteiger partial charge in [-0.1, -0.05) is 31.2 Å². The van der Waals surface area contributed by atoms with Crippen LogP contribution in [0.1, 0.15) is 55.8 Å². The molecule has 4 heteroatoms. The summed E-state index contributed by atoms with van der Waals surface area (Å²) in [5.74, 6) is 1.26. The predicted octanol–water partition coefficient (Wildman–Crippen LogP) is 4.61. The minimum Gasteiger partial charge on any atom is -0.497 e. The van der Waals surface area contributed by atoms with Crippen LogP contribution in [0.3, 0.4) is 0 Å². The monoisotopic (exact) mass is 367 g/mol. The Balaban J connectivity index is 1.65. The molecule has 0 saturated carbocycles. The Bertz CT molecular complexity index is 787. The lowest BCUT2D eigenvalue weighted by atomic mass is 9.89. The first-order valence-corrected chi connectivity index (χ1v) is 9.83. The predicted molar refractivity (Wildman–Crippen MR) is 107 cm³/mol. The van der Waals surface area contributed by atoms with Crippen LogP contribution >= 0.6 is 0 Å². The van der Waals surface area contributed by atoms with E-state index >= 15 is 0 Å². The molecule has 4 nitrogen and oxygen atoms in total. The lowest BCUT2D eigenvalue weighted by molar-refractivity contribution is -0.128. The van der Waals surface area contributed by atoms with Crippen molar-refractivity contribution >= 4 is 5.91 Å². The number of hydrogen-bond acceptors (Lipinski definition) is 3. The van der Waals surface area contributed by atoms with E-state index in [1.807, 2.05) is 32.0 Å². The number of fused-ring (bicyclic) bond motifs is 1. The second-order valence-electron chi connectivity index (χ2n) is 7.16. The Hall–Kier alpha value is -2.49. The first kappa shape index (κ1) is 19.3. The Morgan fingerprint density at radius 2 is 1.81 bits per heavy atom. The van der Waals surface area contributed by atoms with Gasteiger partial charge >= 0.3 is 0 Å². The Labute approximate surface area is 161 Å². The van der Waals surface area contributed by atoms with E-state index in [2.05, 4.69) is 23.5 Å². The average Bonchev–Trinajstić information content (AvgIpc) is 2.71. The second kappa shape index (κ2) is 8.94. The van der Waals surface area contributed by atoms with Gasteiger partial charge in [0.1, 0.15) is 11.5 Å². The van der Waals surface area contributed by atoms with Gasteiger partial charge in [0.15, 0.2) is 6.10 Å². The zero-order valence-corrected chi connectivity index (χ0v) is 16.5. The fraction of sp³-hybridized carbons (Fsp3) is 0.435. The number of ether oxygens (including phenoxy) is 2. The number of benzene rings is 2. The molecule has 1 aliphatic carbocycles. The number of hydrogen-bond donors (Lipinski definition) is 1. The van der Waals surface area contributed by atoms with Crippen LogP contribution in [0.5, 0.6) is 11.5 Å². The van der Waals surface area contributed by atoms with Gasteiger partial charge in [-0.05, 0) is 67.9 Å². The van der Waals surface area contributed by atoms with Gasteiger partial charge in [0, 0.05) is 6.07 Å². The quantitative estimate of drug-likeness (QED) is 0.777. The molecule has 0 aliphatic heterocycles. The highest BCUT2D eigenvalue weighted by atomic mass is 16.5. The van der Waals surface area contributed by atoms with Crippen LogP contribution in [0.2, 0.25) is 0 Å². The summed E-state index contributed by atoms with van der Waals surface area (Å²) in [6, 6.07) is 13.9. The van der Waals surface area contributed by atoms with Crippen molar-refractivity contribution in [1.82, 2.24) is 5.32 Å². The van der Waals surface area contributed by atoms with Crippen LogP contribution in [0.4, 0.5) is 0 Å². The van der Waals surface area contributed by atoms with E-state index in [1.54, 1.807) is 13.2 Å². The molecule has 0 unspecified atom stereocenters. The first-order chi connectivity index (χ1) is 13.1. The van der Waals surface area contributed by atoms with Gasteiger partial charge in [0.2, 0.25) is 0 Å². The van der Waals surface area contributed by atoms with Crippen molar-refractivity contribution in [1.29, 1.82) is 0 Å². The molecule has 0 radical (unpaired) electrons. The fourth-order valence-electron chi connectivity index (χ4n) is 3.57. The molecule has 0 fully saturated rings. The van der Waals surface area contributed by atoms with Crippen molar-refractivity contribution in [3.8, 4) is 11.5 Å². The van der Waals surface area contributed by atoms with Gasteiger partial charge in [-0.2, -0.15) is 0 Å². The van der Waals surface area contributed by atoms with E-state index < -0.39 is 6.10 Å². The third kappa shape index (κ3) is 4.82. The average molecular weight is 367 g/mol. The lowest BCUT2D eigenvalue weighted by Crippen LogP contribution is -2.39. The molecule has 144 valence electrons. The van der Waals surface area contributed by atoms with E-state index in [-0.39, 0.29) is 11.9 Å². The van der Waals surface area contributed by atoms with Crippen LogP contribution < -0.4 is 14.8 Å². The van der Waals surface area contributed by atoms with Crippen LogP contribution in [0.25, 0.3) is 0 Å². The highest BCUT2D eigenvalue weighted by Gasteiger charge is 2.21. The summed E-state index contributed by atoms with van der Waals surface area (Å²) in [6.45, 7) is 3.98. The molecule has 0 aromatic heterocycles. The van der Waals surface area contributed by atoms with Gasteiger partial charge in [0.05, 0.1) is 13.2 Å². The largest absolute Gasteiger partial charge is 0.497 e. The van der Waals surface area contributed by atoms with Gasteiger partial charge in [-0.3, -0.25) is 4.79 Å². The molecule has 0 spiro atoms. The van der Waals surface area contributed by atoms with Crippen molar-refractivity contribution in [3.05, 3.63) is 59.2 Å². The van der Waals surface area contributed by atoms with E-state index in [0.717, 1.165) is 12.0 Å². The highest BCUT2D eigenvalue weighted by molar-refractivity contribution is 5.81. The summed E-state index contributed by atoms with van der Waals surface area (Å²) >= 11 is 0. The Morgan fingerprint density at radius 1 is 1.07 bits per heavy atom. The van der Waals surface area contributed by atoms with E-state index in [0.29, 0.717) is 17.9 Å². The molecule has 3 rings (SSSR count). The highest BCUT2D eigenvalue weighted by Crippen LogP contribution is 2.25. The van der Waals surface area contributed by atoms with Gasteiger partial charge in [-0.15, -0.1) is 0 Å². The van der Waals surface area contributed by atoms with Crippen LogP contribution in [0.15, 0.2) is 42.5 Å². The molecule has 1 N–H and O–H groups in total. The third-order valence-electron chi connectivity index (χ3n) is 5.21. The van der Waals surface area contributed by atoms with E-state index in [9.17, 15) is 4.79 Å². The van der Waals surface area contributed by atoms with Gasteiger partial charge < -0.3 is 14.8 Å². The molecular formula is C23H29NO3. The molecule has 1 amide bonds. The van der Waals surface area contributed by atoms with Gasteiger partial charge in [-0.25, -0.2) is 0 Å². The minimum atomic E-state index is -0.530. The first-order valence-electron chi connectivity index (χ1n) is 9.83. The second-order valence-corrected chi connectivity index (χ2v) is 7.16. The molecule has 2 aromatic carbocycles. The molecule has 1 aliphatic rings. The molecule has 0 bridgehead atoms. The molecule has 0 saturated heterocycles. The number of carbonyl (C=O) groups excluding carboxylic acids is 1. The maximum absolute atomic E-state index is 12.7. The number of rotatable bonds is 7. The summed E-state index contributed by atoms with van der Waals surface area (Å²) < 4.78 is 11.1. The maximum Gasteiger partial charge on any atom is 0.261 e. The van der Waals surface area contributed by atoms with E-state index in [4.69, 9.17) is 9.47 Å². The summed E-state index contributed by atoms with van der Waals surface area (Å²) in [7, 11) is 1.61. The maximum atomic E-state index is 12.7. The van der Waals surface area contributed by atoms with Crippen molar-refractivity contribution < 1.29 is 14.3 Å². The number of amides is 1. The molecule has 27 heavy (non-hydrogen) atoms. The number of carbonyl (C=O) groups is 1. The number of nitrogens with one attached hydrogen (secondary N) is 1.